The van der Waals surface area contributed by atoms with Crippen LogP contribution >= 0.6 is 0 Å². The fourth-order valence-electron chi connectivity index (χ4n) is 5.47. The Kier molecular flexibility index (Phi) is 8.68. The van der Waals surface area contributed by atoms with Gasteiger partial charge in [0.15, 0.2) is 5.82 Å². The van der Waals surface area contributed by atoms with Gasteiger partial charge in [-0.3, -0.25) is 9.69 Å². The zero-order valence-electron chi connectivity index (χ0n) is 23.1. The van der Waals surface area contributed by atoms with E-state index in [0.717, 1.165) is 61.3 Å². The Morgan fingerprint density at radius 2 is 2.10 bits per heavy atom. The molecule has 1 saturated heterocycles. The lowest BCUT2D eigenvalue weighted by Crippen LogP contribution is -2.34. The molecule has 0 spiro atoms. The lowest BCUT2D eigenvalue weighted by molar-refractivity contribution is 0.0893. The summed E-state index contributed by atoms with van der Waals surface area (Å²) in [5.41, 5.74) is 3.93. The van der Waals surface area contributed by atoms with Crippen LogP contribution in [0, 0.1) is 6.92 Å². The normalized spacial score (nSPS) is 16.3. The van der Waals surface area contributed by atoms with Crippen molar-refractivity contribution in [3.8, 4) is 5.75 Å². The van der Waals surface area contributed by atoms with E-state index in [0.29, 0.717) is 25.3 Å². The number of aromatic amines is 1. The Hall–Kier alpha value is -3.56. The predicted octanol–water partition coefficient (Wildman–Crippen LogP) is 4.60. The highest BCUT2D eigenvalue weighted by Gasteiger charge is 2.27. The number of rotatable bonds is 12. The van der Waals surface area contributed by atoms with E-state index in [-0.39, 0.29) is 17.7 Å². The number of aromatic nitrogens is 5. The standard InChI is InChI=1S/C30H38N6O3/c1-4-28(29-32-33-34-36(29)20-26-10-7-15-39-26)35(14-13-22-9-6-8-21(3)16-22)19-24-17-23-18-25(38-5-2)11-12-27(23)31-30(24)37/h6,8-9,11-12,16-18,26,28H,4-5,7,10,13-15,19-20H2,1-3H3,(H,31,37)/t26-,28+/m0/s1. The van der Waals surface area contributed by atoms with E-state index in [1.807, 2.05) is 35.9 Å². The summed E-state index contributed by atoms with van der Waals surface area (Å²) in [5.74, 6) is 1.60. The highest BCUT2D eigenvalue weighted by atomic mass is 16.5. The third-order valence-electron chi connectivity index (χ3n) is 7.43. The van der Waals surface area contributed by atoms with E-state index >= 15 is 0 Å². The van der Waals surface area contributed by atoms with Crippen LogP contribution < -0.4 is 10.3 Å². The van der Waals surface area contributed by atoms with Crippen molar-refractivity contribution in [2.75, 3.05) is 19.8 Å². The third kappa shape index (κ3) is 6.54. The number of pyridine rings is 1. The van der Waals surface area contributed by atoms with Gasteiger partial charge in [-0.05, 0) is 79.8 Å². The molecule has 3 heterocycles. The molecule has 1 aliphatic rings. The average molecular weight is 531 g/mol. The quantitative estimate of drug-likeness (QED) is 0.286. The van der Waals surface area contributed by atoms with E-state index in [4.69, 9.17) is 9.47 Å². The molecule has 2 aromatic heterocycles. The molecule has 9 nitrogen and oxygen atoms in total. The van der Waals surface area contributed by atoms with E-state index < -0.39 is 0 Å². The molecule has 9 heteroatoms. The third-order valence-corrected chi connectivity index (χ3v) is 7.43. The van der Waals surface area contributed by atoms with Crippen molar-refractivity contribution < 1.29 is 9.47 Å². The van der Waals surface area contributed by atoms with Crippen LogP contribution in [0.4, 0.5) is 0 Å². The van der Waals surface area contributed by atoms with Crippen LogP contribution in [-0.4, -0.2) is 56.0 Å². The Bertz CT molecular complexity index is 1440. The van der Waals surface area contributed by atoms with Gasteiger partial charge in [-0.2, -0.15) is 0 Å². The van der Waals surface area contributed by atoms with E-state index in [1.54, 1.807) is 0 Å². The summed E-state index contributed by atoms with van der Waals surface area (Å²) in [6.45, 7) is 9.47. The molecule has 0 radical (unpaired) electrons. The minimum absolute atomic E-state index is 0.0592. The smallest absolute Gasteiger partial charge is 0.252 e. The van der Waals surface area contributed by atoms with Crippen molar-refractivity contribution >= 4 is 10.9 Å². The highest BCUT2D eigenvalue weighted by molar-refractivity contribution is 5.80. The molecular weight excluding hydrogens is 492 g/mol. The first kappa shape index (κ1) is 27.0. The topological polar surface area (TPSA) is 98.2 Å². The van der Waals surface area contributed by atoms with Gasteiger partial charge in [-0.25, -0.2) is 4.68 Å². The number of nitrogens with zero attached hydrogens (tertiary/aromatic N) is 5. The minimum Gasteiger partial charge on any atom is -0.494 e. The number of hydrogen-bond donors (Lipinski definition) is 1. The molecule has 0 aliphatic carbocycles. The first-order valence-electron chi connectivity index (χ1n) is 14.0. The molecule has 5 rings (SSSR count). The van der Waals surface area contributed by atoms with Gasteiger partial charge in [0.2, 0.25) is 0 Å². The molecule has 0 unspecified atom stereocenters. The van der Waals surface area contributed by atoms with Crippen molar-refractivity contribution in [2.24, 2.45) is 0 Å². The van der Waals surface area contributed by atoms with Gasteiger partial charge in [0.1, 0.15) is 5.75 Å². The summed E-state index contributed by atoms with van der Waals surface area (Å²) in [6, 6.07) is 16.3. The van der Waals surface area contributed by atoms with Crippen LogP contribution in [0.1, 0.15) is 61.7 Å². The number of H-pyrrole nitrogens is 1. The molecule has 2 aromatic carbocycles. The Morgan fingerprint density at radius 1 is 1.21 bits per heavy atom. The second-order valence-corrected chi connectivity index (χ2v) is 10.3. The molecule has 1 fully saturated rings. The van der Waals surface area contributed by atoms with E-state index in [9.17, 15) is 4.79 Å². The predicted molar refractivity (Wildman–Crippen MR) is 151 cm³/mol. The fourth-order valence-corrected chi connectivity index (χ4v) is 5.47. The van der Waals surface area contributed by atoms with Crippen molar-refractivity contribution in [3.63, 3.8) is 0 Å². The number of hydrogen-bond acceptors (Lipinski definition) is 7. The first-order valence-corrected chi connectivity index (χ1v) is 14.0. The number of aryl methyl sites for hydroxylation is 1. The van der Waals surface area contributed by atoms with Crippen LogP contribution in [0.15, 0.2) is 53.3 Å². The van der Waals surface area contributed by atoms with Gasteiger partial charge < -0.3 is 14.5 Å². The number of ether oxygens (including phenoxy) is 2. The van der Waals surface area contributed by atoms with Gasteiger partial charge in [0.05, 0.1) is 25.3 Å². The zero-order chi connectivity index (χ0) is 27.2. The van der Waals surface area contributed by atoms with Crippen LogP contribution in [0.2, 0.25) is 0 Å². The number of nitrogens with one attached hydrogen (secondary N) is 1. The van der Waals surface area contributed by atoms with Gasteiger partial charge in [0.25, 0.3) is 5.56 Å². The van der Waals surface area contributed by atoms with Crippen molar-refractivity contribution in [3.05, 3.63) is 81.4 Å². The number of benzene rings is 2. The molecular formula is C30H38N6O3. The highest BCUT2D eigenvalue weighted by Crippen LogP contribution is 2.27. The van der Waals surface area contributed by atoms with Crippen molar-refractivity contribution in [2.45, 2.75) is 71.7 Å². The summed E-state index contributed by atoms with van der Waals surface area (Å²) in [7, 11) is 0. The van der Waals surface area contributed by atoms with Crippen LogP contribution in [0.3, 0.4) is 0 Å². The average Bonchev–Trinajstić information content (AvgIpc) is 3.61. The van der Waals surface area contributed by atoms with Gasteiger partial charge in [-0.1, -0.05) is 36.8 Å². The largest absolute Gasteiger partial charge is 0.494 e. The molecule has 2 atom stereocenters. The second kappa shape index (κ2) is 12.5. The molecule has 0 saturated carbocycles. The minimum atomic E-state index is -0.0824. The second-order valence-electron chi connectivity index (χ2n) is 10.3. The monoisotopic (exact) mass is 530 g/mol. The molecule has 1 N–H and O–H groups in total. The van der Waals surface area contributed by atoms with Crippen LogP contribution in [-0.2, 0) is 24.2 Å². The van der Waals surface area contributed by atoms with Gasteiger partial charge in [-0.15, -0.1) is 5.10 Å². The lowest BCUT2D eigenvalue weighted by atomic mass is 10.1. The fraction of sp³-hybridized carbons (Fsp3) is 0.467. The van der Waals surface area contributed by atoms with Crippen LogP contribution in [0.25, 0.3) is 10.9 Å². The van der Waals surface area contributed by atoms with Crippen molar-refractivity contribution in [1.82, 2.24) is 30.1 Å². The SMILES string of the molecule is CCOc1ccc2[nH]c(=O)c(CN(CCc3cccc(C)c3)[C@H](CC)c3nnnn3C[C@@H]3CCCO3)cc2c1. The summed E-state index contributed by atoms with van der Waals surface area (Å²) < 4.78 is 13.5. The molecule has 206 valence electrons. The maximum absolute atomic E-state index is 13.2. The summed E-state index contributed by atoms with van der Waals surface area (Å²) >= 11 is 0. The Morgan fingerprint density at radius 3 is 2.87 bits per heavy atom. The maximum Gasteiger partial charge on any atom is 0.252 e. The summed E-state index contributed by atoms with van der Waals surface area (Å²) in [6.07, 6.45) is 3.88. The molecule has 0 bridgehead atoms. The van der Waals surface area contributed by atoms with Crippen LogP contribution in [0.5, 0.6) is 5.75 Å². The van der Waals surface area contributed by atoms with Gasteiger partial charge >= 0.3 is 0 Å². The Balaban J connectivity index is 1.46. The molecule has 0 amide bonds. The summed E-state index contributed by atoms with van der Waals surface area (Å²) in [4.78, 5) is 18.6. The molecule has 4 aromatic rings. The number of fused-ring (bicyclic) bond motifs is 1. The van der Waals surface area contributed by atoms with E-state index in [1.165, 1.54) is 11.1 Å². The Labute approximate surface area is 229 Å². The first-order chi connectivity index (χ1) is 19.0. The van der Waals surface area contributed by atoms with Crippen molar-refractivity contribution in [1.29, 1.82) is 0 Å². The zero-order valence-corrected chi connectivity index (χ0v) is 23.1. The lowest BCUT2D eigenvalue weighted by Gasteiger charge is -2.30. The van der Waals surface area contributed by atoms with Gasteiger partial charge in [0, 0.05) is 36.2 Å². The van der Waals surface area contributed by atoms with E-state index in [2.05, 4.69) is 63.5 Å². The molecule has 1 aliphatic heterocycles. The molecule has 39 heavy (non-hydrogen) atoms. The maximum atomic E-state index is 13.2. The number of tetrazole rings is 1. The summed E-state index contributed by atoms with van der Waals surface area (Å²) in [5, 5.41) is 13.8.